The first-order chi connectivity index (χ1) is 11.7. The molecule has 0 radical (unpaired) electrons. The topological polar surface area (TPSA) is 38.8 Å². The Labute approximate surface area is 149 Å². The molecule has 1 aliphatic rings. The second-order valence-corrected chi connectivity index (χ2v) is 6.99. The van der Waals surface area contributed by atoms with E-state index in [9.17, 15) is 4.79 Å². The van der Waals surface area contributed by atoms with Gasteiger partial charge in [-0.1, -0.05) is 77.4 Å². The fourth-order valence-corrected chi connectivity index (χ4v) is 3.22. The van der Waals surface area contributed by atoms with E-state index in [1.54, 1.807) is 0 Å². The van der Waals surface area contributed by atoms with Gasteiger partial charge in [-0.25, -0.2) is 4.79 Å². The van der Waals surface area contributed by atoms with Gasteiger partial charge in [0.2, 0.25) is 0 Å². The van der Waals surface area contributed by atoms with Crippen LogP contribution in [0.2, 0.25) is 0 Å². The van der Waals surface area contributed by atoms with Gasteiger partial charge in [0.05, 0.1) is 13.2 Å². The van der Waals surface area contributed by atoms with Gasteiger partial charge in [-0.2, -0.15) is 0 Å². The normalized spacial score (nSPS) is 21.1. The van der Waals surface area contributed by atoms with Gasteiger partial charge >= 0.3 is 5.97 Å². The molecule has 0 bridgehead atoms. The molecule has 0 aromatic heterocycles. The SMILES string of the molecule is CCCCCCC/C=C\C(CCCCCC)C1(C(=O)OCC)CO1. The summed E-state index contributed by atoms with van der Waals surface area (Å²) in [6, 6.07) is 0. The Kier molecular flexibility index (Phi) is 11.1. The lowest BCUT2D eigenvalue weighted by Crippen LogP contribution is -2.34. The smallest absolute Gasteiger partial charge is 0.341 e. The molecule has 1 saturated heterocycles. The Bertz CT molecular complexity index is 358. The molecule has 3 nitrogen and oxygen atoms in total. The summed E-state index contributed by atoms with van der Waals surface area (Å²) in [5.41, 5.74) is -0.680. The van der Waals surface area contributed by atoms with Gasteiger partial charge in [0.25, 0.3) is 0 Å². The third-order valence-corrected chi connectivity index (χ3v) is 4.89. The van der Waals surface area contributed by atoms with Crippen LogP contribution in [0.3, 0.4) is 0 Å². The van der Waals surface area contributed by atoms with Crippen LogP contribution in [-0.2, 0) is 14.3 Å². The van der Waals surface area contributed by atoms with Crippen LogP contribution in [0, 0.1) is 5.92 Å². The van der Waals surface area contributed by atoms with Crippen molar-refractivity contribution in [1.82, 2.24) is 0 Å². The van der Waals surface area contributed by atoms with Gasteiger partial charge in [0.15, 0.2) is 5.60 Å². The number of epoxide rings is 1. The number of unbranched alkanes of at least 4 members (excludes halogenated alkanes) is 8. The van der Waals surface area contributed by atoms with Gasteiger partial charge in [-0.3, -0.25) is 0 Å². The number of carbonyl (C=O) groups is 1. The van der Waals surface area contributed by atoms with Crippen molar-refractivity contribution in [3.05, 3.63) is 12.2 Å². The lowest BCUT2D eigenvalue weighted by atomic mass is 9.87. The average molecular weight is 339 g/mol. The summed E-state index contributed by atoms with van der Waals surface area (Å²) in [7, 11) is 0. The highest BCUT2D eigenvalue weighted by molar-refractivity contribution is 5.83. The lowest BCUT2D eigenvalue weighted by Gasteiger charge is -2.19. The minimum Gasteiger partial charge on any atom is -0.464 e. The Morgan fingerprint density at radius 1 is 1.04 bits per heavy atom. The van der Waals surface area contributed by atoms with Crippen molar-refractivity contribution in [2.45, 2.75) is 97.0 Å². The van der Waals surface area contributed by atoms with Gasteiger partial charge in [0, 0.05) is 5.92 Å². The molecule has 1 fully saturated rings. The maximum absolute atomic E-state index is 12.3. The molecule has 140 valence electrons. The molecule has 1 aliphatic heterocycles. The molecule has 24 heavy (non-hydrogen) atoms. The van der Waals surface area contributed by atoms with Gasteiger partial charge in [-0.05, 0) is 26.2 Å². The molecule has 2 atom stereocenters. The molecule has 0 saturated carbocycles. The summed E-state index contributed by atoms with van der Waals surface area (Å²) in [6.07, 6.45) is 18.0. The van der Waals surface area contributed by atoms with Crippen LogP contribution in [-0.4, -0.2) is 24.8 Å². The first-order valence-corrected chi connectivity index (χ1v) is 10.2. The number of allylic oxidation sites excluding steroid dienone is 1. The van der Waals surface area contributed by atoms with Crippen LogP contribution in [0.15, 0.2) is 12.2 Å². The highest BCUT2D eigenvalue weighted by Crippen LogP contribution is 2.40. The fourth-order valence-electron chi connectivity index (χ4n) is 3.22. The summed E-state index contributed by atoms with van der Waals surface area (Å²) in [5, 5.41) is 0. The third-order valence-electron chi connectivity index (χ3n) is 4.89. The first-order valence-electron chi connectivity index (χ1n) is 10.2. The van der Waals surface area contributed by atoms with Crippen LogP contribution in [0.1, 0.15) is 91.4 Å². The predicted octanol–water partition coefficient (Wildman–Crippen LogP) is 5.82. The third kappa shape index (κ3) is 7.38. The van der Waals surface area contributed by atoms with Crippen molar-refractivity contribution in [2.24, 2.45) is 5.92 Å². The van der Waals surface area contributed by atoms with E-state index in [2.05, 4.69) is 26.0 Å². The van der Waals surface area contributed by atoms with Crippen LogP contribution >= 0.6 is 0 Å². The van der Waals surface area contributed by atoms with Crippen molar-refractivity contribution < 1.29 is 14.3 Å². The predicted molar refractivity (Wildman–Crippen MR) is 100 cm³/mol. The van der Waals surface area contributed by atoms with E-state index in [0.717, 1.165) is 19.3 Å². The number of carbonyl (C=O) groups excluding carboxylic acids is 1. The summed E-state index contributed by atoms with van der Waals surface area (Å²) in [6.45, 7) is 7.27. The molecule has 1 rings (SSSR count). The number of esters is 1. The molecule has 1 heterocycles. The van der Waals surface area contributed by atoms with Crippen molar-refractivity contribution in [3.8, 4) is 0 Å². The van der Waals surface area contributed by atoms with Gasteiger partial charge in [-0.15, -0.1) is 0 Å². The summed E-state index contributed by atoms with van der Waals surface area (Å²) in [5.74, 6) is 0.00198. The van der Waals surface area contributed by atoms with Crippen LogP contribution in [0.25, 0.3) is 0 Å². The Morgan fingerprint density at radius 3 is 2.25 bits per heavy atom. The minimum absolute atomic E-state index is 0.168. The van der Waals surface area contributed by atoms with E-state index in [4.69, 9.17) is 9.47 Å². The lowest BCUT2D eigenvalue weighted by molar-refractivity contribution is -0.151. The van der Waals surface area contributed by atoms with Crippen molar-refractivity contribution >= 4 is 5.97 Å². The molecular formula is C21H38O3. The molecule has 0 N–H and O–H groups in total. The summed E-state index contributed by atoms with van der Waals surface area (Å²) in [4.78, 5) is 12.3. The quantitative estimate of drug-likeness (QED) is 0.163. The van der Waals surface area contributed by atoms with Crippen LogP contribution in [0.4, 0.5) is 0 Å². The zero-order valence-electron chi connectivity index (χ0n) is 16.1. The molecule has 0 spiro atoms. The van der Waals surface area contributed by atoms with Crippen LogP contribution < -0.4 is 0 Å². The molecule has 3 heteroatoms. The average Bonchev–Trinajstić information content (AvgIpc) is 3.38. The van der Waals surface area contributed by atoms with E-state index in [1.807, 2.05) is 6.92 Å². The summed E-state index contributed by atoms with van der Waals surface area (Å²) >= 11 is 0. The number of hydrogen-bond acceptors (Lipinski definition) is 3. The monoisotopic (exact) mass is 338 g/mol. The Hall–Kier alpha value is -0.830. The van der Waals surface area contributed by atoms with Gasteiger partial charge in [0.1, 0.15) is 0 Å². The van der Waals surface area contributed by atoms with Crippen molar-refractivity contribution in [3.63, 3.8) is 0 Å². The minimum atomic E-state index is -0.680. The maximum Gasteiger partial charge on any atom is 0.341 e. The molecule has 0 aromatic rings. The van der Waals surface area contributed by atoms with Crippen LogP contribution in [0.5, 0.6) is 0 Å². The largest absolute Gasteiger partial charge is 0.464 e. The fraction of sp³-hybridized carbons (Fsp3) is 0.857. The second kappa shape index (κ2) is 12.5. The van der Waals surface area contributed by atoms with Crippen molar-refractivity contribution in [1.29, 1.82) is 0 Å². The van der Waals surface area contributed by atoms with E-state index in [0.29, 0.717) is 13.2 Å². The molecule has 2 unspecified atom stereocenters. The first kappa shape index (κ1) is 21.2. The van der Waals surface area contributed by atoms with E-state index < -0.39 is 5.60 Å². The second-order valence-electron chi connectivity index (χ2n) is 6.99. The zero-order chi connectivity index (χ0) is 17.7. The molecule has 0 amide bonds. The van der Waals surface area contributed by atoms with E-state index in [1.165, 1.54) is 51.4 Å². The highest BCUT2D eigenvalue weighted by atomic mass is 16.6. The Balaban J connectivity index is 2.47. The molecular weight excluding hydrogens is 300 g/mol. The van der Waals surface area contributed by atoms with Gasteiger partial charge < -0.3 is 9.47 Å². The highest BCUT2D eigenvalue weighted by Gasteiger charge is 2.58. The van der Waals surface area contributed by atoms with E-state index in [-0.39, 0.29) is 11.9 Å². The number of ether oxygens (including phenoxy) is 2. The molecule has 0 aliphatic carbocycles. The molecule has 0 aromatic carbocycles. The number of rotatable bonds is 15. The zero-order valence-corrected chi connectivity index (χ0v) is 16.1. The Morgan fingerprint density at radius 2 is 1.67 bits per heavy atom. The standard InChI is InChI=1S/C21H38O3/c1-4-7-9-11-12-13-15-17-19(16-14-10-8-5-2)21(18-24-21)20(22)23-6-3/h15,17,19H,4-14,16,18H2,1-3H3/b17-15-. The summed E-state index contributed by atoms with van der Waals surface area (Å²) < 4.78 is 10.9. The maximum atomic E-state index is 12.3. The number of hydrogen-bond donors (Lipinski definition) is 0. The van der Waals surface area contributed by atoms with E-state index >= 15 is 0 Å². The van der Waals surface area contributed by atoms with Crippen molar-refractivity contribution in [2.75, 3.05) is 13.2 Å².